The Morgan fingerprint density at radius 2 is 1.78 bits per heavy atom. The molecule has 0 aromatic heterocycles. The van der Waals surface area contributed by atoms with Crippen LogP contribution in [0.2, 0.25) is 0 Å². The number of rotatable bonds is 3. The number of hydrogen-bond donors (Lipinski definition) is 2. The van der Waals surface area contributed by atoms with Crippen LogP contribution in [0, 0.1) is 0 Å². The fourth-order valence-electron chi connectivity index (χ4n) is 0.354. The molecular formula is C7H19NO. The van der Waals surface area contributed by atoms with E-state index in [1.165, 1.54) is 12.8 Å². The number of nitrogens with one attached hydrogen (secondary N) is 1. The molecule has 9 heavy (non-hydrogen) atoms. The summed E-state index contributed by atoms with van der Waals surface area (Å²) in [5.74, 6) is 0. The number of unbranched alkanes of at least 4 members (excludes halogenated alkanes) is 1. The largest absolute Gasteiger partial charge is 0.397 e. The van der Waals surface area contributed by atoms with E-state index in [2.05, 4.69) is 12.2 Å². The summed E-state index contributed by atoms with van der Waals surface area (Å²) in [5.41, 5.74) is 0. The first kappa shape index (κ1) is 11.7. The molecule has 0 rings (SSSR count). The Labute approximate surface area is 58.3 Å². The molecule has 0 amide bonds. The molecule has 0 aliphatic rings. The van der Waals surface area contributed by atoms with Gasteiger partial charge in [0.1, 0.15) is 0 Å². The van der Waals surface area contributed by atoms with Gasteiger partial charge in [-0.05, 0) is 26.9 Å². The van der Waals surface area contributed by atoms with E-state index in [0.717, 1.165) is 6.54 Å². The quantitative estimate of drug-likeness (QED) is 0.563. The molecule has 0 saturated carbocycles. The maximum absolute atomic E-state index is 7.57. The molecule has 0 aromatic carbocycles. The topological polar surface area (TPSA) is 32.3 Å². The molecule has 2 nitrogen and oxygen atoms in total. The molecule has 0 unspecified atom stereocenters. The van der Waals surface area contributed by atoms with E-state index in [9.17, 15) is 0 Å². The van der Waals surface area contributed by atoms with Crippen molar-refractivity contribution in [2.45, 2.75) is 26.7 Å². The third-order valence-corrected chi connectivity index (χ3v) is 0.780. The molecule has 0 saturated heterocycles. The number of aliphatic hydroxyl groups excluding tert-OH is 1. The Kier molecular flexibility index (Phi) is 20.3. The zero-order valence-electron chi connectivity index (χ0n) is 6.78. The van der Waals surface area contributed by atoms with E-state index in [0.29, 0.717) is 0 Å². The summed E-state index contributed by atoms with van der Waals surface area (Å²) in [5, 5.41) is 10.6. The molecule has 0 aliphatic carbocycles. The summed E-state index contributed by atoms with van der Waals surface area (Å²) >= 11 is 0. The Morgan fingerprint density at radius 1 is 1.33 bits per heavy atom. The Hall–Kier alpha value is -0.0800. The highest BCUT2D eigenvalue weighted by Gasteiger charge is 1.73. The average Bonchev–Trinajstić information content (AvgIpc) is 1.86. The van der Waals surface area contributed by atoms with Gasteiger partial charge in [0.05, 0.1) is 0 Å². The molecule has 0 spiro atoms. The minimum absolute atomic E-state index is 0.250. The maximum Gasteiger partial charge on any atom is 0.0402 e. The summed E-state index contributed by atoms with van der Waals surface area (Å²) in [6, 6.07) is 0. The van der Waals surface area contributed by atoms with Gasteiger partial charge >= 0.3 is 0 Å². The summed E-state index contributed by atoms with van der Waals surface area (Å²) < 4.78 is 0. The zero-order valence-corrected chi connectivity index (χ0v) is 6.78. The molecule has 2 N–H and O–H groups in total. The fourth-order valence-corrected chi connectivity index (χ4v) is 0.354. The van der Waals surface area contributed by atoms with Crippen molar-refractivity contribution in [2.24, 2.45) is 0 Å². The van der Waals surface area contributed by atoms with E-state index < -0.39 is 0 Å². The van der Waals surface area contributed by atoms with Gasteiger partial charge in [0, 0.05) is 6.61 Å². The van der Waals surface area contributed by atoms with Crippen LogP contribution in [-0.4, -0.2) is 25.3 Å². The molecule has 0 aromatic rings. The minimum atomic E-state index is 0.250. The summed E-state index contributed by atoms with van der Waals surface area (Å²) in [6.45, 7) is 5.29. The Morgan fingerprint density at radius 3 is 1.89 bits per heavy atom. The van der Waals surface area contributed by atoms with Crippen molar-refractivity contribution in [3.8, 4) is 0 Å². The standard InChI is InChI=1S/C5H13N.C2H6O/c1-3-4-5-6-2;1-2-3/h6H,3-5H2,1-2H3;3H,2H2,1H3. The van der Waals surface area contributed by atoms with Crippen molar-refractivity contribution < 1.29 is 5.11 Å². The van der Waals surface area contributed by atoms with Crippen molar-refractivity contribution in [3.05, 3.63) is 0 Å². The lowest BCUT2D eigenvalue weighted by molar-refractivity contribution is 0.318. The van der Waals surface area contributed by atoms with Gasteiger partial charge in [0.25, 0.3) is 0 Å². The van der Waals surface area contributed by atoms with Gasteiger partial charge in [-0.25, -0.2) is 0 Å². The van der Waals surface area contributed by atoms with Crippen LogP contribution >= 0.6 is 0 Å². The SMILES string of the molecule is CCCCNC.CCO. The van der Waals surface area contributed by atoms with Crippen molar-refractivity contribution in [3.63, 3.8) is 0 Å². The van der Waals surface area contributed by atoms with Crippen LogP contribution in [0.3, 0.4) is 0 Å². The molecule has 0 atom stereocenters. The van der Waals surface area contributed by atoms with Crippen LogP contribution in [0.4, 0.5) is 0 Å². The summed E-state index contributed by atoms with van der Waals surface area (Å²) in [4.78, 5) is 0. The van der Waals surface area contributed by atoms with Gasteiger partial charge in [-0.1, -0.05) is 13.3 Å². The van der Waals surface area contributed by atoms with Crippen molar-refractivity contribution in [1.29, 1.82) is 0 Å². The van der Waals surface area contributed by atoms with E-state index in [4.69, 9.17) is 5.11 Å². The van der Waals surface area contributed by atoms with Gasteiger partial charge in [0.15, 0.2) is 0 Å². The van der Waals surface area contributed by atoms with Gasteiger partial charge in [0.2, 0.25) is 0 Å². The summed E-state index contributed by atoms with van der Waals surface area (Å²) in [6.07, 6.45) is 2.59. The van der Waals surface area contributed by atoms with Gasteiger partial charge in [-0.3, -0.25) is 0 Å². The lowest BCUT2D eigenvalue weighted by atomic mass is 10.3. The molecule has 0 radical (unpaired) electrons. The third-order valence-electron chi connectivity index (χ3n) is 0.780. The second kappa shape index (κ2) is 15.7. The Bertz CT molecular complexity index is 28.1. The molecule has 58 valence electrons. The lowest BCUT2D eigenvalue weighted by Crippen LogP contribution is -2.06. The van der Waals surface area contributed by atoms with E-state index in [1.54, 1.807) is 6.92 Å². The zero-order chi connectivity index (χ0) is 7.54. The van der Waals surface area contributed by atoms with Crippen LogP contribution in [-0.2, 0) is 0 Å². The lowest BCUT2D eigenvalue weighted by Gasteiger charge is -1.89. The molecule has 0 bridgehead atoms. The first-order valence-corrected chi connectivity index (χ1v) is 3.58. The second-order valence-corrected chi connectivity index (χ2v) is 1.77. The number of aliphatic hydroxyl groups is 1. The first-order chi connectivity index (χ1) is 4.33. The maximum atomic E-state index is 7.57. The van der Waals surface area contributed by atoms with Crippen LogP contribution in [0.5, 0.6) is 0 Å². The molecular weight excluding hydrogens is 114 g/mol. The average molecular weight is 133 g/mol. The van der Waals surface area contributed by atoms with Crippen LogP contribution in [0.15, 0.2) is 0 Å². The van der Waals surface area contributed by atoms with Gasteiger partial charge in [-0.2, -0.15) is 0 Å². The first-order valence-electron chi connectivity index (χ1n) is 3.58. The highest BCUT2D eigenvalue weighted by Crippen LogP contribution is 1.79. The van der Waals surface area contributed by atoms with Crippen LogP contribution < -0.4 is 5.32 Å². The smallest absolute Gasteiger partial charge is 0.0402 e. The monoisotopic (exact) mass is 133 g/mol. The highest BCUT2D eigenvalue weighted by atomic mass is 16.2. The fraction of sp³-hybridized carbons (Fsp3) is 1.00. The van der Waals surface area contributed by atoms with Gasteiger partial charge < -0.3 is 10.4 Å². The molecule has 0 heterocycles. The van der Waals surface area contributed by atoms with E-state index in [1.807, 2.05) is 7.05 Å². The van der Waals surface area contributed by atoms with Crippen molar-refractivity contribution in [1.82, 2.24) is 5.32 Å². The van der Waals surface area contributed by atoms with Gasteiger partial charge in [-0.15, -0.1) is 0 Å². The molecule has 0 fully saturated rings. The van der Waals surface area contributed by atoms with Crippen molar-refractivity contribution in [2.75, 3.05) is 20.2 Å². The predicted octanol–water partition coefficient (Wildman–Crippen LogP) is 1.00. The van der Waals surface area contributed by atoms with E-state index >= 15 is 0 Å². The summed E-state index contributed by atoms with van der Waals surface area (Å²) in [7, 11) is 1.98. The number of hydrogen-bond acceptors (Lipinski definition) is 2. The normalized spacial score (nSPS) is 8.00. The van der Waals surface area contributed by atoms with E-state index in [-0.39, 0.29) is 6.61 Å². The van der Waals surface area contributed by atoms with Crippen LogP contribution in [0.1, 0.15) is 26.7 Å². The van der Waals surface area contributed by atoms with Crippen molar-refractivity contribution >= 4 is 0 Å². The molecule has 0 aliphatic heterocycles. The van der Waals surface area contributed by atoms with Crippen LogP contribution in [0.25, 0.3) is 0 Å². The highest BCUT2D eigenvalue weighted by molar-refractivity contribution is 4.34. The minimum Gasteiger partial charge on any atom is -0.397 e. The predicted molar refractivity (Wildman–Crippen MR) is 41.6 cm³/mol. The third kappa shape index (κ3) is 32.6. The molecule has 2 heteroatoms. The second-order valence-electron chi connectivity index (χ2n) is 1.77. The Balaban J connectivity index is 0.